The van der Waals surface area contributed by atoms with Gasteiger partial charge in [0.2, 0.25) is 0 Å². The lowest BCUT2D eigenvalue weighted by Crippen LogP contribution is -2.46. The van der Waals surface area contributed by atoms with E-state index in [2.05, 4.69) is 60.7 Å². The molecule has 0 unspecified atom stereocenters. The molecule has 2 aliphatic rings. The molecule has 1 nitrogen and oxygen atoms in total. The Morgan fingerprint density at radius 2 is 1.46 bits per heavy atom. The van der Waals surface area contributed by atoms with Crippen LogP contribution in [0.1, 0.15) is 30.4 Å². The van der Waals surface area contributed by atoms with Gasteiger partial charge in [-0.15, -0.1) is 0 Å². The van der Waals surface area contributed by atoms with Crippen molar-refractivity contribution < 1.29 is 4.48 Å². The van der Waals surface area contributed by atoms with Gasteiger partial charge in [-0.25, -0.2) is 0 Å². The van der Waals surface area contributed by atoms with Gasteiger partial charge in [-0.3, -0.25) is 0 Å². The predicted molar refractivity (Wildman–Crippen MR) is 101 cm³/mol. The summed E-state index contributed by atoms with van der Waals surface area (Å²) in [4.78, 5) is 0. The lowest BCUT2D eigenvalue weighted by atomic mass is 9.91. The number of hydrogen-bond donors (Lipinski definition) is 0. The van der Waals surface area contributed by atoms with Gasteiger partial charge in [-0.2, -0.15) is 0 Å². The van der Waals surface area contributed by atoms with Gasteiger partial charge in [0, 0.05) is 11.1 Å². The average Bonchev–Trinajstić information content (AvgIpc) is 2.97. The van der Waals surface area contributed by atoms with Gasteiger partial charge in [-0.05, 0) is 47.2 Å². The van der Waals surface area contributed by atoms with E-state index in [1.165, 1.54) is 71.8 Å². The summed E-state index contributed by atoms with van der Waals surface area (Å²) >= 11 is 0. The standard InChI is InChI=1S/C23H24N/c1-3-9-18(10-4-1)23-21-12-6-5-11-19(21)15-20-16-24(17-22(20)23)13-7-2-8-14-24/h1,3-6,9-12,15H,2,7-8,13-14,16-17H2/q+1. The highest BCUT2D eigenvalue weighted by molar-refractivity contribution is 5.99. The monoisotopic (exact) mass is 314 g/mol. The Balaban J connectivity index is 1.75. The van der Waals surface area contributed by atoms with Crippen LogP contribution in [-0.2, 0) is 13.1 Å². The third-order valence-electron chi connectivity index (χ3n) is 6.08. The molecule has 2 heterocycles. The van der Waals surface area contributed by atoms with E-state index in [0.717, 1.165) is 0 Å². The summed E-state index contributed by atoms with van der Waals surface area (Å²) in [5.41, 5.74) is 6.07. The van der Waals surface area contributed by atoms with Gasteiger partial charge >= 0.3 is 0 Å². The first-order valence-electron chi connectivity index (χ1n) is 9.29. The number of quaternary nitrogens is 1. The van der Waals surface area contributed by atoms with Gasteiger partial charge < -0.3 is 4.48 Å². The summed E-state index contributed by atoms with van der Waals surface area (Å²) in [7, 11) is 0. The van der Waals surface area contributed by atoms with Crippen LogP contribution in [0.15, 0.2) is 60.7 Å². The molecule has 1 fully saturated rings. The molecule has 0 amide bonds. The molecule has 120 valence electrons. The van der Waals surface area contributed by atoms with Crippen molar-refractivity contribution in [3.8, 4) is 11.1 Å². The third-order valence-corrected chi connectivity index (χ3v) is 6.08. The summed E-state index contributed by atoms with van der Waals surface area (Å²) in [6.45, 7) is 5.18. The van der Waals surface area contributed by atoms with Crippen LogP contribution < -0.4 is 0 Å². The molecule has 0 aliphatic carbocycles. The van der Waals surface area contributed by atoms with Crippen molar-refractivity contribution in [1.82, 2.24) is 0 Å². The van der Waals surface area contributed by atoms with E-state index in [9.17, 15) is 0 Å². The van der Waals surface area contributed by atoms with Crippen molar-refractivity contribution in [2.75, 3.05) is 13.1 Å². The van der Waals surface area contributed by atoms with Crippen LogP contribution in [0.3, 0.4) is 0 Å². The van der Waals surface area contributed by atoms with Crippen LogP contribution in [0, 0.1) is 0 Å². The molecule has 0 N–H and O–H groups in total. The number of rotatable bonds is 1. The van der Waals surface area contributed by atoms with Crippen LogP contribution in [0.2, 0.25) is 0 Å². The number of hydrogen-bond acceptors (Lipinski definition) is 0. The van der Waals surface area contributed by atoms with E-state index >= 15 is 0 Å². The van der Waals surface area contributed by atoms with Crippen LogP contribution in [0.4, 0.5) is 0 Å². The minimum Gasteiger partial charge on any atom is -0.316 e. The number of piperidine rings is 1. The first-order valence-corrected chi connectivity index (χ1v) is 9.29. The van der Waals surface area contributed by atoms with E-state index in [-0.39, 0.29) is 0 Å². The highest BCUT2D eigenvalue weighted by atomic mass is 15.4. The lowest BCUT2D eigenvalue weighted by Gasteiger charge is -2.37. The smallest absolute Gasteiger partial charge is 0.106 e. The molecule has 1 heteroatoms. The van der Waals surface area contributed by atoms with Crippen LogP contribution in [-0.4, -0.2) is 17.6 Å². The second-order valence-corrected chi connectivity index (χ2v) is 7.64. The zero-order valence-electron chi connectivity index (χ0n) is 14.2. The summed E-state index contributed by atoms with van der Waals surface area (Å²) in [5, 5.41) is 2.81. The SMILES string of the molecule is c1ccc(-c2c3c(cc4ccccc24)C[N+]2(CCCCC2)C3)cc1. The molecule has 3 aromatic carbocycles. The quantitative estimate of drug-likeness (QED) is 0.519. The molecule has 0 saturated carbocycles. The summed E-state index contributed by atoms with van der Waals surface area (Å²) < 4.78 is 1.30. The topological polar surface area (TPSA) is 0 Å². The Morgan fingerprint density at radius 3 is 2.29 bits per heavy atom. The second kappa shape index (κ2) is 5.46. The van der Waals surface area contributed by atoms with E-state index in [1.54, 1.807) is 11.1 Å². The van der Waals surface area contributed by atoms with Gasteiger partial charge in [0.15, 0.2) is 0 Å². The number of nitrogens with zero attached hydrogens (tertiary/aromatic N) is 1. The maximum absolute atomic E-state index is 2.47. The fourth-order valence-electron chi connectivity index (χ4n) is 4.96. The fourth-order valence-corrected chi connectivity index (χ4v) is 4.96. The van der Waals surface area contributed by atoms with Crippen LogP contribution >= 0.6 is 0 Å². The first kappa shape index (κ1) is 14.2. The van der Waals surface area contributed by atoms with Crippen molar-refractivity contribution in [2.24, 2.45) is 0 Å². The Morgan fingerprint density at radius 1 is 0.708 bits per heavy atom. The maximum Gasteiger partial charge on any atom is 0.106 e. The lowest BCUT2D eigenvalue weighted by molar-refractivity contribution is -0.951. The molecular formula is C23H24N+. The molecular weight excluding hydrogens is 290 g/mol. The zero-order chi connectivity index (χ0) is 16.0. The maximum atomic E-state index is 2.47. The van der Waals surface area contributed by atoms with Gasteiger partial charge in [-0.1, -0.05) is 54.6 Å². The van der Waals surface area contributed by atoms with E-state index in [4.69, 9.17) is 0 Å². The molecule has 24 heavy (non-hydrogen) atoms. The van der Waals surface area contributed by atoms with E-state index in [0.29, 0.717) is 0 Å². The van der Waals surface area contributed by atoms with Crippen LogP contribution in [0.25, 0.3) is 21.9 Å². The first-order chi connectivity index (χ1) is 11.8. The van der Waals surface area contributed by atoms with Gasteiger partial charge in [0.05, 0.1) is 13.1 Å². The summed E-state index contributed by atoms with van der Waals surface area (Å²) in [6, 6.07) is 22.4. The fraction of sp³-hybridized carbons (Fsp3) is 0.304. The minimum absolute atomic E-state index is 1.23. The van der Waals surface area contributed by atoms with Gasteiger partial charge in [0.1, 0.15) is 13.1 Å². The minimum atomic E-state index is 1.23. The number of benzene rings is 3. The zero-order valence-corrected chi connectivity index (χ0v) is 14.2. The van der Waals surface area contributed by atoms with Crippen molar-refractivity contribution in [3.63, 3.8) is 0 Å². The molecule has 1 spiro atoms. The van der Waals surface area contributed by atoms with E-state index < -0.39 is 0 Å². The Labute approximate surface area is 144 Å². The van der Waals surface area contributed by atoms with E-state index in [1.807, 2.05) is 0 Å². The molecule has 0 radical (unpaired) electrons. The predicted octanol–water partition coefficient (Wildman–Crippen LogP) is 5.52. The molecule has 3 aromatic rings. The molecule has 0 aromatic heterocycles. The van der Waals surface area contributed by atoms with Crippen molar-refractivity contribution in [2.45, 2.75) is 32.4 Å². The van der Waals surface area contributed by atoms with Crippen LogP contribution in [0.5, 0.6) is 0 Å². The molecule has 5 rings (SSSR count). The molecule has 2 aliphatic heterocycles. The Bertz CT molecular complexity index is 889. The Kier molecular flexibility index (Phi) is 3.24. The van der Waals surface area contributed by atoms with Crippen molar-refractivity contribution in [3.05, 3.63) is 71.8 Å². The van der Waals surface area contributed by atoms with Crippen molar-refractivity contribution >= 4 is 10.8 Å². The molecule has 0 bridgehead atoms. The van der Waals surface area contributed by atoms with Gasteiger partial charge in [0.25, 0.3) is 0 Å². The highest BCUT2D eigenvalue weighted by Gasteiger charge is 2.38. The summed E-state index contributed by atoms with van der Waals surface area (Å²) in [5.74, 6) is 0. The average molecular weight is 314 g/mol. The second-order valence-electron chi connectivity index (χ2n) is 7.64. The third kappa shape index (κ3) is 2.19. The number of fused-ring (bicyclic) bond motifs is 2. The van der Waals surface area contributed by atoms with Crippen molar-refractivity contribution in [1.29, 1.82) is 0 Å². The highest BCUT2D eigenvalue weighted by Crippen LogP contribution is 2.42. The summed E-state index contributed by atoms with van der Waals surface area (Å²) in [6.07, 6.45) is 4.21. The molecule has 0 atom stereocenters. The molecule has 1 saturated heterocycles. The largest absolute Gasteiger partial charge is 0.316 e. The Hall–Kier alpha value is -2.12. The normalized spacial score (nSPS) is 18.8.